The van der Waals surface area contributed by atoms with Crippen molar-refractivity contribution in [3.05, 3.63) is 121 Å². The van der Waals surface area contributed by atoms with Crippen molar-refractivity contribution in [3.63, 3.8) is 0 Å². The highest BCUT2D eigenvalue weighted by molar-refractivity contribution is 7.25. The van der Waals surface area contributed by atoms with Gasteiger partial charge in [0, 0.05) is 43.9 Å². The Labute approximate surface area is 228 Å². The number of halogens is 1. The van der Waals surface area contributed by atoms with E-state index in [-0.39, 0.29) is 5.28 Å². The highest BCUT2D eigenvalue weighted by atomic mass is 35.5. The van der Waals surface area contributed by atoms with E-state index < -0.39 is 0 Å². The monoisotopic (exact) mass is 526 g/mol. The number of fused-ring (bicyclic) bond motifs is 3. The van der Waals surface area contributed by atoms with Crippen molar-refractivity contribution in [1.29, 1.82) is 0 Å². The fourth-order valence-corrected chi connectivity index (χ4v) is 6.07. The molecule has 7 aromatic rings. The molecule has 0 radical (unpaired) electrons. The predicted octanol–water partition coefficient (Wildman–Crippen LogP) is 8.96. The Morgan fingerprint density at radius 2 is 1.26 bits per heavy atom. The van der Waals surface area contributed by atoms with E-state index in [9.17, 15) is 0 Å². The molecule has 180 valence electrons. The van der Waals surface area contributed by atoms with Gasteiger partial charge in [0.2, 0.25) is 5.28 Å². The van der Waals surface area contributed by atoms with Gasteiger partial charge in [-0.2, -0.15) is 0 Å². The first-order chi connectivity index (χ1) is 18.7. The molecule has 3 heterocycles. The second-order valence-electron chi connectivity index (χ2n) is 8.89. The third-order valence-corrected chi connectivity index (χ3v) is 7.76. The third kappa shape index (κ3) is 4.02. The maximum Gasteiger partial charge on any atom is 0.224 e. The van der Waals surface area contributed by atoms with Crippen molar-refractivity contribution in [2.45, 2.75) is 0 Å². The molecule has 0 spiro atoms. The smallest absolute Gasteiger partial charge is 0.224 e. The SMILES string of the molecule is Clc1nc(-c2cccc(-c3cnc(-c4ccccc4)nc3-c3ccccc3)c2)c2c(n1)sc1ccccc12. The first-order valence-corrected chi connectivity index (χ1v) is 13.4. The van der Waals surface area contributed by atoms with Crippen molar-refractivity contribution in [2.75, 3.05) is 0 Å². The maximum atomic E-state index is 6.40. The molecule has 0 atom stereocenters. The van der Waals surface area contributed by atoms with Crippen molar-refractivity contribution < 1.29 is 0 Å². The first kappa shape index (κ1) is 22.7. The molecule has 0 saturated heterocycles. The summed E-state index contributed by atoms with van der Waals surface area (Å²) in [5.74, 6) is 0.693. The van der Waals surface area contributed by atoms with Crippen LogP contribution in [0.5, 0.6) is 0 Å². The molecule has 4 aromatic carbocycles. The Balaban J connectivity index is 1.43. The van der Waals surface area contributed by atoms with Crippen LogP contribution in [0, 0.1) is 0 Å². The van der Waals surface area contributed by atoms with Crippen LogP contribution in [0.1, 0.15) is 0 Å². The lowest BCUT2D eigenvalue weighted by Gasteiger charge is -2.13. The molecule has 0 aliphatic carbocycles. The van der Waals surface area contributed by atoms with E-state index in [0.29, 0.717) is 5.82 Å². The van der Waals surface area contributed by atoms with Gasteiger partial charge in [0.25, 0.3) is 0 Å². The summed E-state index contributed by atoms with van der Waals surface area (Å²) in [5.41, 5.74) is 6.63. The molecule has 4 nitrogen and oxygen atoms in total. The minimum Gasteiger partial charge on any atom is -0.236 e. The lowest BCUT2D eigenvalue weighted by atomic mass is 9.97. The zero-order valence-electron chi connectivity index (χ0n) is 20.0. The van der Waals surface area contributed by atoms with Gasteiger partial charge in [-0.15, -0.1) is 11.3 Å². The number of aromatic nitrogens is 4. The Kier molecular flexibility index (Phi) is 5.65. The summed E-state index contributed by atoms with van der Waals surface area (Å²) in [6.07, 6.45) is 1.92. The molecule has 6 heteroatoms. The van der Waals surface area contributed by atoms with Gasteiger partial charge >= 0.3 is 0 Å². The summed E-state index contributed by atoms with van der Waals surface area (Å²) in [7, 11) is 0. The molecule has 0 bridgehead atoms. The molecule has 7 rings (SSSR count). The summed E-state index contributed by atoms with van der Waals surface area (Å²) in [6, 6.07) is 36.9. The fraction of sp³-hybridized carbons (Fsp3) is 0. The number of rotatable bonds is 4. The maximum absolute atomic E-state index is 6.40. The summed E-state index contributed by atoms with van der Waals surface area (Å²) < 4.78 is 1.16. The standard InChI is InChI=1S/C32H19ClN4S/c33-32-36-29(27-24-16-7-8-17-26(24)38-31(27)37-32)23-15-9-14-22(18-23)25-19-34-30(21-12-5-2-6-13-21)35-28(25)20-10-3-1-4-11-20/h1-19H. The second-order valence-corrected chi connectivity index (χ2v) is 10.3. The minimum atomic E-state index is 0.241. The molecule has 3 aromatic heterocycles. The van der Waals surface area contributed by atoms with Gasteiger partial charge in [0.1, 0.15) is 4.83 Å². The van der Waals surface area contributed by atoms with Gasteiger partial charge in [-0.05, 0) is 29.3 Å². The first-order valence-electron chi connectivity index (χ1n) is 12.2. The van der Waals surface area contributed by atoms with E-state index in [0.717, 1.165) is 59.5 Å². The number of nitrogens with zero attached hydrogens (tertiary/aromatic N) is 4. The Morgan fingerprint density at radius 1 is 0.579 bits per heavy atom. The summed E-state index contributed by atoms with van der Waals surface area (Å²) in [4.78, 5) is 19.9. The van der Waals surface area contributed by atoms with Gasteiger partial charge in [-0.25, -0.2) is 19.9 Å². The average Bonchev–Trinajstić information content (AvgIpc) is 3.35. The lowest BCUT2D eigenvalue weighted by Crippen LogP contribution is -1.96. The van der Waals surface area contributed by atoms with Gasteiger partial charge in [-0.3, -0.25) is 0 Å². The zero-order chi connectivity index (χ0) is 25.5. The predicted molar refractivity (Wildman–Crippen MR) is 157 cm³/mol. The van der Waals surface area contributed by atoms with Crippen molar-refractivity contribution in [2.24, 2.45) is 0 Å². The molecule has 38 heavy (non-hydrogen) atoms. The Bertz CT molecular complexity index is 1930. The third-order valence-electron chi connectivity index (χ3n) is 6.53. The van der Waals surface area contributed by atoms with Crippen LogP contribution in [0.25, 0.3) is 65.3 Å². The van der Waals surface area contributed by atoms with Crippen LogP contribution in [0.3, 0.4) is 0 Å². The van der Waals surface area contributed by atoms with Crippen LogP contribution in [-0.4, -0.2) is 19.9 Å². The average molecular weight is 527 g/mol. The number of benzene rings is 4. The Morgan fingerprint density at radius 3 is 2.08 bits per heavy atom. The number of hydrogen-bond acceptors (Lipinski definition) is 5. The summed E-state index contributed by atoms with van der Waals surface area (Å²) in [5, 5.41) is 2.39. The molecule has 0 unspecified atom stereocenters. The number of thiophene rings is 1. The van der Waals surface area contributed by atoms with E-state index in [2.05, 4.69) is 47.4 Å². The highest BCUT2D eigenvalue weighted by Gasteiger charge is 2.17. The molecule has 0 amide bonds. The van der Waals surface area contributed by atoms with Gasteiger partial charge in [0.05, 0.1) is 11.4 Å². The van der Waals surface area contributed by atoms with Gasteiger partial charge in [-0.1, -0.05) is 97.1 Å². The molecular formula is C32H19ClN4S. The van der Waals surface area contributed by atoms with E-state index in [1.165, 1.54) is 0 Å². The van der Waals surface area contributed by atoms with Crippen LogP contribution in [-0.2, 0) is 0 Å². The van der Waals surface area contributed by atoms with Crippen LogP contribution in [0.15, 0.2) is 115 Å². The van der Waals surface area contributed by atoms with E-state index in [1.807, 2.05) is 72.9 Å². The number of hydrogen-bond donors (Lipinski definition) is 0. The van der Waals surface area contributed by atoms with Gasteiger partial charge in [0.15, 0.2) is 5.82 Å². The van der Waals surface area contributed by atoms with Crippen LogP contribution >= 0.6 is 22.9 Å². The largest absolute Gasteiger partial charge is 0.236 e. The highest BCUT2D eigenvalue weighted by Crippen LogP contribution is 2.40. The van der Waals surface area contributed by atoms with E-state index >= 15 is 0 Å². The van der Waals surface area contributed by atoms with Crippen LogP contribution in [0.2, 0.25) is 5.28 Å². The van der Waals surface area contributed by atoms with Crippen molar-refractivity contribution >= 4 is 43.2 Å². The molecule has 0 saturated carbocycles. The summed E-state index contributed by atoms with van der Waals surface area (Å²) in [6.45, 7) is 0. The van der Waals surface area contributed by atoms with Crippen LogP contribution < -0.4 is 0 Å². The topological polar surface area (TPSA) is 51.6 Å². The van der Waals surface area contributed by atoms with E-state index in [1.54, 1.807) is 11.3 Å². The molecular weight excluding hydrogens is 508 g/mol. The van der Waals surface area contributed by atoms with Crippen LogP contribution in [0.4, 0.5) is 0 Å². The summed E-state index contributed by atoms with van der Waals surface area (Å²) >= 11 is 8.03. The van der Waals surface area contributed by atoms with Gasteiger partial charge < -0.3 is 0 Å². The normalized spacial score (nSPS) is 11.3. The van der Waals surface area contributed by atoms with Crippen molar-refractivity contribution in [1.82, 2.24) is 19.9 Å². The molecule has 0 aliphatic rings. The molecule has 0 N–H and O–H groups in total. The molecule has 0 fully saturated rings. The lowest BCUT2D eigenvalue weighted by molar-refractivity contribution is 1.18. The zero-order valence-corrected chi connectivity index (χ0v) is 21.6. The Hall–Kier alpha value is -4.45. The minimum absolute atomic E-state index is 0.241. The quantitative estimate of drug-likeness (QED) is 0.215. The van der Waals surface area contributed by atoms with E-state index in [4.69, 9.17) is 26.6 Å². The molecule has 0 aliphatic heterocycles. The second kappa shape index (κ2) is 9.45. The fourth-order valence-electron chi connectivity index (χ4n) is 4.78. The van der Waals surface area contributed by atoms with Crippen molar-refractivity contribution in [3.8, 4) is 45.0 Å².